The Hall–Kier alpha value is -2.82. The molecule has 2 N–H and O–H groups in total. The van der Waals surface area contributed by atoms with E-state index >= 15 is 0 Å². The van der Waals surface area contributed by atoms with Gasteiger partial charge < -0.3 is 15.4 Å². The second-order valence-corrected chi connectivity index (χ2v) is 7.38. The first kappa shape index (κ1) is 20.5. The van der Waals surface area contributed by atoms with Gasteiger partial charge in [-0.2, -0.15) is 0 Å². The molecule has 1 unspecified atom stereocenters. The van der Waals surface area contributed by atoms with Crippen LogP contribution in [0.25, 0.3) is 0 Å². The zero-order valence-corrected chi connectivity index (χ0v) is 16.6. The molecular formula is C22H28N2O3. The van der Waals surface area contributed by atoms with Crippen LogP contribution in [0.4, 0.5) is 5.69 Å². The van der Waals surface area contributed by atoms with E-state index in [0.717, 1.165) is 11.3 Å². The molecule has 0 bridgehead atoms. The van der Waals surface area contributed by atoms with Gasteiger partial charge in [0.05, 0.1) is 12.1 Å². The molecule has 5 heteroatoms. The summed E-state index contributed by atoms with van der Waals surface area (Å²) >= 11 is 0. The first-order valence-corrected chi connectivity index (χ1v) is 9.14. The highest BCUT2D eigenvalue weighted by molar-refractivity contribution is 6.09. The SMILES string of the molecule is CC(C)Oc1ccc(NC(=O)C(C)(C)C(=O)NC(C)c2ccccc2)cc1. The van der Waals surface area contributed by atoms with E-state index in [9.17, 15) is 9.59 Å². The average molecular weight is 368 g/mol. The third kappa shape index (κ3) is 5.58. The van der Waals surface area contributed by atoms with Crippen LogP contribution in [0.2, 0.25) is 0 Å². The zero-order valence-electron chi connectivity index (χ0n) is 16.6. The summed E-state index contributed by atoms with van der Waals surface area (Å²) in [6.07, 6.45) is 0.0830. The molecule has 0 aliphatic carbocycles. The molecule has 2 aromatic rings. The lowest BCUT2D eigenvalue weighted by molar-refractivity contribution is -0.138. The maximum Gasteiger partial charge on any atom is 0.239 e. The summed E-state index contributed by atoms with van der Waals surface area (Å²) in [5.74, 6) is 0.0468. The smallest absolute Gasteiger partial charge is 0.239 e. The fourth-order valence-corrected chi connectivity index (χ4v) is 2.48. The number of nitrogens with one attached hydrogen (secondary N) is 2. The molecule has 0 saturated heterocycles. The zero-order chi connectivity index (χ0) is 20.0. The maximum absolute atomic E-state index is 12.7. The number of rotatable bonds is 7. The second kappa shape index (κ2) is 8.71. The second-order valence-electron chi connectivity index (χ2n) is 7.38. The Kier molecular flexibility index (Phi) is 6.61. The van der Waals surface area contributed by atoms with Gasteiger partial charge in [-0.05, 0) is 64.4 Å². The minimum atomic E-state index is -1.21. The number of benzene rings is 2. The Bertz CT molecular complexity index is 768. The van der Waals surface area contributed by atoms with Crippen LogP contribution < -0.4 is 15.4 Å². The van der Waals surface area contributed by atoms with Crippen LogP contribution >= 0.6 is 0 Å². The van der Waals surface area contributed by atoms with Crippen LogP contribution in [-0.4, -0.2) is 17.9 Å². The van der Waals surface area contributed by atoms with Gasteiger partial charge in [0.25, 0.3) is 0 Å². The summed E-state index contributed by atoms with van der Waals surface area (Å²) in [7, 11) is 0. The fourth-order valence-electron chi connectivity index (χ4n) is 2.48. The van der Waals surface area contributed by atoms with Gasteiger partial charge in [0.2, 0.25) is 11.8 Å². The molecular weight excluding hydrogens is 340 g/mol. The molecule has 2 amide bonds. The first-order chi connectivity index (χ1) is 12.7. The Balaban J connectivity index is 2.00. The number of hydrogen-bond acceptors (Lipinski definition) is 3. The van der Waals surface area contributed by atoms with Gasteiger partial charge in [-0.3, -0.25) is 9.59 Å². The van der Waals surface area contributed by atoms with E-state index in [2.05, 4.69) is 10.6 Å². The molecule has 2 rings (SSSR count). The molecule has 0 saturated carbocycles. The molecule has 2 aromatic carbocycles. The van der Waals surface area contributed by atoms with Gasteiger partial charge in [0.1, 0.15) is 11.2 Å². The standard InChI is InChI=1S/C22H28N2O3/c1-15(2)27-19-13-11-18(12-14-19)24-21(26)22(4,5)20(25)23-16(3)17-9-7-6-8-10-17/h6-16H,1-5H3,(H,23,25)(H,24,26). The van der Waals surface area contributed by atoms with Gasteiger partial charge >= 0.3 is 0 Å². The molecule has 1 atom stereocenters. The molecule has 0 heterocycles. The largest absolute Gasteiger partial charge is 0.491 e. The summed E-state index contributed by atoms with van der Waals surface area (Å²) in [5.41, 5.74) is 0.395. The molecule has 144 valence electrons. The summed E-state index contributed by atoms with van der Waals surface area (Å²) < 4.78 is 5.59. The van der Waals surface area contributed by atoms with Gasteiger partial charge in [-0.25, -0.2) is 0 Å². The van der Waals surface area contributed by atoms with Crippen LogP contribution in [0.5, 0.6) is 5.75 Å². The van der Waals surface area contributed by atoms with Crippen LogP contribution in [0.1, 0.15) is 46.2 Å². The lowest BCUT2D eigenvalue weighted by atomic mass is 9.90. The summed E-state index contributed by atoms with van der Waals surface area (Å²) in [4.78, 5) is 25.3. The molecule has 0 aromatic heterocycles. The Morgan fingerprint density at radius 3 is 2.04 bits per heavy atom. The first-order valence-electron chi connectivity index (χ1n) is 9.14. The van der Waals surface area contributed by atoms with Crippen molar-refractivity contribution >= 4 is 17.5 Å². The van der Waals surface area contributed by atoms with E-state index in [1.54, 1.807) is 38.1 Å². The summed E-state index contributed by atoms with van der Waals surface area (Å²) in [5, 5.41) is 5.72. The summed E-state index contributed by atoms with van der Waals surface area (Å²) in [6, 6.07) is 16.6. The van der Waals surface area contributed by atoms with Crippen LogP contribution in [0.15, 0.2) is 54.6 Å². The van der Waals surface area contributed by atoms with Crippen LogP contribution in [0.3, 0.4) is 0 Å². The predicted octanol–water partition coefficient (Wildman–Crippen LogP) is 4.32. The van der Waals surface area contributed by atoms with Crippen molar-refractivity contribution in [3.8, 4) is 5.75 Å². The van der Waals surface area contributed by atoms with Gasteiger partial charge in [-0.15, -0.1) is 0 Å². The third-order valence-electron chi connectivity index (χ3n) is 4.27. The minimum absolute atomic E-state index is 0.0830. The summed E-state index contributed by atoms with van der Waals surface area (Å²) in [6.45, 7) is 9.03. The average Bonchev–Trinajstić information content (AvgIpc) is 2.63. The van der Waals surface area contributed by atoms with Crippen molar-refractivity contribution in [2.75, 3.05) is 5.32 Å². The molecule has 5 nitrogen and oxygen atoms in total. The van der Waals surface area contributed by atoms with Crippen molar-refractivity contribution in [3.05, 3.63) is 60.2 Å². The van der Waals surface area contributed by atoms with Crippen molar-refractivity contribution in [2.24, 2.45) is 5.41 Å². The van der Waals surface area contributed by atoms with E-state index < -0.39 is 5.41 Å². The monoisotopic (exact) mass is 368 g/mol. The molecule has 0 fully saturated rings. The van der Waals surface area contributed by atoms with Crippen LogP contribution in [0, 0.1) is 5.41 Å². The lowest BCUT2D eigenvalue weighted by Crippen LogP contribution is -2.45. The van der Waals surface area contributed by atoms with Crippen molar-refractivity contribution in [1.82, 2.24) is 5.32 Å². The molecule has 0 radical (unpaired) electrons. The van der Waals surface area contributed by atoms with Gasteiger partial charge in [-0.1, -0.05) is 30.3 Å². The predicted molar refractivity (Wildman–Crippen MR) is 108 cm³/mol. The van der Waals surface area contributed by atoms with Crippen molar-refractivity contribution < 1.29 is 14.3 Å². The number of amides is 2. The normalized spacial score (nSPS) is 12.4. The molecule has 0 spiro atoms. The Labute approximate surface area is 161 Å². The lowest BCUT2D eigenvalue weighted by Gasteiger charge is -2.25. The third-order valence-corrected chi connectivity index (χ3v) is 4.27. The molecule has 0 aliphatic heterocycles. The van der Waals surface area contributed by atoms with Crippen molar-refractivity contribution in [3.63, 3.8) is 0 Å². The topological polar surface area (TPSA) is 67.4 Å². The molecule has 0 aliphatic rings. The van der Waals surface area contributed by atoms with E-state index in [1.807, 2.05) is 51.1 Å². The van der Waals surface area contributed by atoms with E-state index in [1.165, 1.54) is 0 Å². The highest BCUT2D eigenvalue weighted by atomic mass is 16.5. The maximum atomic E-state index is 12.7. The quantitative estimate of drug-likeness (QED) is 0.716. The Morgan fingerprint density at radius 2 is 1.48 bits per heavy atom. The van der Waals surface area contributed by atoms with Crippen LogP contribution in [-0.2, 0) is 9.59 Å². The highest BCUT2D eigenvalue weighted by Crippen LogP contribution is 2.23. The van der Waals surface area contributed by atoms with E-state index in [-0.39, 0.29) is 24.0 Å². The minimum Gasteiger partial charge on any atom is -0.491 e. The van der Waals surface area contributed by atoms with Gasteiger partial charge in [0.15, 0.2) is 0 Å². The van der Waals surface area contributed by atoms with Gasteiger partial charge in [0, 0.05) is 5.69 Å². The number of hydrogen-bond donors (Lipinski definition) is 2. The number of carbonyl (C=O) groups is 2. The highest BCUT2D eigenvalue weighted by Gasteiger charge is 2.36. The fraction of sp³-hybridized carbons (Fsp3) is 0.364. The Morgan fingerprint density at radius 1 is 0.889 bits per heavy atom. The molecule has 27 heavy (non-hydrogen) atoms. The number of anilines is 1. The van der Waals surface area contributed by atoms with Crippen molar-refractivity contribution in [1.29, 1.82) is 0 Å². The van der Waals surface area contributed by atoms with Crippen molar-refractivity contribution in [2.45, 2.75) is 46.8 Å². The van der Waals surface area contributed by atoms with E-state index in [4.69, 9.17) is 4.74 Å². The van der Waals surface area contributed by atoms with E-state index in [0.29, 0.717) is 5.69 Å². The number of ether oxygens (including phenoxy) is 1. The number of carbonyl (C=O) groups excluding carboxylic acids is 2.